The number of methoxy groups -OCH3 is 1. The Morgan fingerprint density at radius 3 is 2.54 bits per heavy atom. The lowest BCUT2D eigenvalue weighted by molar-refractivity contribution is -0.142. The third kappa shape index (κ3) is 7.14. The van der Waals surface area contributed by atoms with Gasteiger partial charge in [-0.1, -0.05) is 13.8 Å². The summed E-state index contributed by atoms with van der Waals surface area (Å²) in [6.45, 7) is 8.51. The molecule has 10 heteroatoms. The highest BCUT2D eigenvalue weighted by atomic mass is 16.5. The highest BCUT2D eigenvalue weighted by Crippen LogP contribution is 2.30. The zero-order valence-electron chi connectivity index (χ0n) is 23.9. The number of carbonyl (C=O) groups excluding carboxylic acids is 2. The molecule has 2 saturated heterocycles. The van der Waals surface area contributed by atoms with E-state index in [-0.39, 0.29) is 36.9 Å². The number of piperidine rings is 1. The molecule has 3 aliphatic rings. The van der Waals surface area contributed by atoms with Gasteiger partial charge in [0.1, 0.15) is 5.69 Å². The SMILES string of the molecule is COCCCCn1c(C(=O)N(CC(C)C)[C@H]2C[C@@H](C(=O)N3CCOCC3)CN(C(=O)O)C2)cc2c1CCCC2. The number of likely N-dealkylation sites (tertiary alicyclic amines) is 1. The number of amides is 3. The van der Waals surface area contributed by atoms with Crippen molar-refractivity contribution in [3.8, 4) is 0 Å². The standard InChI is InChI=1S/C29H46N4O6/c1-21(2)18-33(24-16-23(19-31(20-24)29(36)37)27(34)30-11-14-39-15-12-30)28(35)26-17-22-8-4-5-9-25(22)32(26)10-6-7-13-38-3/h17,21,23-24H,4-16,18-20H2,1-3H3,(H,36,37)/t23-,24+/m1/s1. The van der Waals surface area contributed by atoms with Crippen molar-refractivity contribution >= 4 is 17.9 Å². The van der Waals surface area contributed by atoms with Crippen LogP contribution in [0.15, 0.2) is 6.07 Å². The first-order chi connectivity index (χ1) is 18.8. The highest BCUT2D eigenvalue weighted by molar-refractivity contribution is 5.94. The van der Waals surface area contributed by atoms with E-state index in [1.54, 1.807) is 12.0 Å². The minimum atomic E-state index is -1.05. The quantitative estimate of drug-likeness (QED) is 0.452. The van der Waals surface area contributed by atoms with E-state index in [4.69, 9.17) is 9.47 Å². The maximum absolute atomic E-state index is 14.4. The van der Waals surface area contributed by atoms with Crippen molar-refractivity contribution in [1.29, 1.82) is 0 Å². The zero-order valence-corrected chi connectivity index (χ0v) is 23.9. The molecule has 218 valence electrons. The van der Waals surface area contributed by atoms with Crippen LogP contribution in [0.4, 0.5) is 4.79 Å². The largest absolute Gasteiger partial charge is 0.465 e. The second kappa shape index (κ2) is 13.7. The van der Waals surface area contributed by atoms with Gasteiger partial charge in [-0.2, -0.15) is 0 Å². The molecule has 1 N–H and O–H groups in total. The van der Waals surface area contributed by atoms with Gasteiger partial charge in [0.2, 0.25) is 5.91 Å². The normalized spacial score (nSPS) is 21.6. The average molecular weight is 547 g/mol. The third-order valence-electron chi connectivity index (χ3n) is 8.24. The number of hydrogen-bond acceptors (Lipinski definition) is 5. The molecule has 2 aliphatic heterocycles. The predicted molar refractivity (Wildman–Crippen MR) is 147 cm³/mol. The summed E-state index contributed by atoms with van der Waals surface area (Å²) in [5.74, 6) is -0.375. The minimum Gasteiger partial charge on any atom is -0.465 e. The van der Waals surface area contributed by atoms with Crippen LogP contribution >= 0.6 is 0 Å². The molecule has 0 saturated carbocycles. The van der Waals surface area contributed by atoms with Crippen LogP contribution in [0.1, 0.15) is 67.7 Å². The summed E-state index contributed by atoms with van der Waals surface area (Å²) >= 11 is 0. The molecule has 4 rings (SSSR count). The minimum absolute atomic E-state index is 0.0387. The molecule has 2 atom stereocenters. The lowest BCUT2D eigenvalue weighted by atomic mass is 9.91. The number of ether oxygens (including phenoxy) is 2. The number of carboxylic acid groups (broad SMARTS) is 1. The molecular formula is C29H46N4O6. The van der Waals surface area contributed by atoms with Crippen molar-refractivity contribution in [3.63, 3.8) is 0 Å². The fraction of sp³-hybridized carbons (Fsp3) is 0.759. The number of unbranched alkanes of at least 4 members (excludes halogenated alkanes) is 1. The highest BCUT2D eigenvalue weighted by Gasteiger charge is 2.40. The van der Waals surface area contributed by atoms with Crippen molar-refractivity contribution < 1.29 is 29.0 Å². The molecule has 0 unspecified atom stereocenters. The van der Waals surface area contributed by atoms with Crippen LogP contribution in [-0.4, -0.2) is 108 Å². The van der Waals surface area contributed by atoms with E-state index in [2.05, 4.69) is 24.5 Å². The van der Waals surface area contributed by atoms with Crippen LogP contribution in [0.2, 0.25) is 0 Å². The molecule has 1 aromatic rings. The fourth-order valence-electron chi connectivity index (χ4n) is 6.33. The van der Waals surface area contributed by atoms with Gasteiger partial charge >= 0.3 is 6.09 Å². The Hall–Kier alpha value is -2.59. The average Bonchev–Trinajstić information content (AvgIpc) is 3.32. The van der Waals surface area contributed by atoms with Crippen molar-refractivity contribution in [2.75, 3.05) is 59.7 Å². The van der Waals surface area contributed by atoms with Crippen LogP contribution in [0.5, 0.6) is 0 Å². The van der Waals surface area contributed by atoms with E-state index in [0.717, 1.165) is 45.1 Å². The molecule has 0 spiro atoms. The van der Waals surface area contributed by atoms with Crippen molar-refractivity contribution in [2.24, 2.45) is 11.8 Å². The molecule has 1 aromatic heterocycles. The van der Waals surface area contributed by atoms with Crippen LogP contribution < -0.4 is 0 Å². The van der Waals surface area contributed by atoms with Gasteiger partial charge in [0.15, 0.2) is 0 Å². The van der Waals surface area contributed by atoms with Crippen LogP contribution in [0.3, 0.4) is 0 Å². The lowest BCUT2D eigenvalue weighted by Gasteiger charge is -2.43. The topological polar surface area (TPSA) is 105 Å². The second-order valence-electron chi connectivity index (χ2n) is 11.6. The molecule has 0 aromatic carbocycles. The molecule has 3 amide bonds. The smallest absolute Gasteiger partial charge is 0.407 e. The molecule has 0 radical (unpaired) electrons. The first-order valence-electron chi connectivity index (χ1n) is 14.7. The van der Waals surface area contributed by atoms with E-state index in [0.29, 0.717) is 51.6 Å². The van der Waals surface area contributed by atoms with Crippen LogP contribution in [0, 0.1) is 11.8 Å². The van der Waals surface area contributed by atoms with E-state index < -0.39 is 12.0 Å². The summed E-state index contributed by atoms with van der Waals surface area (Å²) in [5, 5.41) is 9.94. The van der Waals surface area contributed by atoms with E-state index in [9.17, 15) is 19.5 Å². The number of fused-ring (bicyclic) bond motifs is 1. The summed E-state index contributed by atoms with van der Waals surface area (Å²) in [7, 11) is 1.71. The van der Waals surface area contributed by atoms with Gasteiger partial charge in [0, 0.05) is 58.7 Å². The Morgan fingerprint density at radius 2 is 1.85 bits per heavy atom. The van der Waals surface area contributed by atoms with Gasteiger partial charge in [-0.25, -0.2) is 4.79 Å². The number of carbonyl (C=O) groups is 3. The van der Waals surface area contributed by atoms with Gasteiger partial charge < -0.3 is 33.8 Å². The van der Waals surface area contributed by atoms with Crippen molar-refractivity contribution in [3.05, 3.63) is 23.0 Å². The van der Waals surface area contributed by atoms with Gasteiger partial charge in [0.05, 0.1) is 25.2 Å². The first kappa shape index (κ1) is 29.4. The number of aryl methyl sites for hydroxylation is 1. The Labute approximate surface area is 232 Å². The summed E-state index contributed by atoms with van der Waals surface area (Å²) in [6, 6.07) is 1.71. The molecule has 1 aliphatic carbocycles. The lowest BCUT2D eigenvalue weighted by Crippen LogP contribution is -2.58. The Bertz CT molecular complexity index is 1000. The van der Waals surface area contributed by atoms with E-state index in [1.807, 2.05) is 4.90 Å². The van der Waals surface area contributed by atoms with E-state index in [1.165, 1.54) is 16.2 Å². The molecule has 39 heavy (non-hydrogen) atoms. The van der Waals surface area contributed by atoms with Gasteiger partial charge in [-0.05, 0) is 62.5 Å². The first-order valence-corrected chi connectivity index (χ1v) is 14.7. The third-order valence-corrected chi connectivity index (χ3v) is 8.24. The summed E-state index contributed by atoms with van der Waals surface area (Å²) < 4.78 is 12.9. The van der Waals surface area contributed by atoms with Gasteiger partial charge in [-0.15, -0.1) is 0 Å². The Balaban J connectivity index is 1.62. The van der Waals surface area contributed by atoms with Gasteiger partial charge in [-0.3, -0.25) is 9.59 Å². The van der Waals surface area contributed by atoms with Gasteiger partial charge in [0.25, 0.3) is 5.91 Å². The monoisotopic (exact) mass is 546 g/mol. The Kier molecular flexibility index (Phi) is 10.3. The predicted octanol–water partition coefficient (Wildman–Crippen LogP) is 3.12. The number of aromatic nitrogens is 1. The zero-order chi connectivity index (χ0) is 27.9. The fourth-order valence-corrected chi connectivity index (χ4v) is 6.33. The summed E-state index contributed by atoms with van der Waals surface area (Å²) in [5.41, 5.74) is 3.23. The molecule has 3 heterocycles. The number of hydrogen-bond donors (Lipinski definition) is 1. The molecule has 0 bridgehead atoms. The van der Waals surface area contributed by atoms with Crippen LogP contribution in [0.25, 0.3) is 0 Å². The second-order valence-corrected chi connectivity index (χ2v) is 11.6. The number of morpholine rings is 1. The van der Waals surface area contributed by atoms with Crippen molar-refractivity contribution in [2.45, 2.75) is 71.4 Å². The molecule has 10 nitrogen and oxygen atoms in total. The van der Waals surface area contributed by atoms with Crippen molar-refractivity contribution in [1.82, 2.24) is 19.3 Å². The molecular weight excluding hydrogens is 500 g/mol. The summed E-state index contributed by atoms with van der Waals surface area (Å²) in [4.78, 5) is 44.9. The Morgan fingerprint density at radius 1 is 1.10 bits per heavy atom. The maximum atomic E-state index is 14.4. The molecule has 2 fully saturated rings. The van der Waals surface area contributed by atoms with E-state index >= 15 is 0 Å². The number of rotatable bonds is 10. The number of nitrogens with zero attached hydrogens (tertiary/aromatic N) is 4. The summed E-state index contributed by atoms with van der Waals surface area (Å²) in [6.07, 6.45) is 5.48. The van der Waals surface area contributed by atoms with Crippen LogP contribution in [-0.2, 0) is 33.7 Å². The maximum Gasteiger partial charge on any atom is 0.407 e.